The van der Waals surface area contributed by atoms with Gasteiger partial charge in [0.2, 0.25) is 6.34 Å². The van der Waals surface area contributed by atoms with Crippen LogP contribution < -0.4 is 5.32 Å². The molecule has 0 radical (unpaired) electrons. The van der Waals surface area contributed by atoms with Crippen molar-refractivity contribution in [2.75, 3.05) is 6.54 Å². The first-order valence-corrected chi connectivity index (χ1v) is 11.5. The Kier molecular flexibility index (Phi) is 15.8. The summed E-state index contributed by atoms with van der Waals surface area (Å²) in [6.07, 6.45) is 30.8. The van der Waals surface area contributed by atoms with Gasteiger partial charge < -0.3 is 0 Å². The molecule has 0 aromatic heterocycles. The summed E-state index contributed by atoms with van der Waals surface area (Å²) in [6.45, 7) is 3.11. The van der Waals surface area contributed by atoms with Gasteiger partial charge in [-0.15, -0.1) is 0 Å². The normalized spacial score (nSPS) is 14.8. The minimum atomic E-state index is 0.132. The third-order valence-electron chi connectivity index (χ3n) is 5.24. The maximum atomic E-state index is 11.8. The number of unbranched alkanes of at least 4 members (excludes halogenated alkanes) is 14. The number of carbonyl (C=O) groups is 1. The van der Waals surface area contributed by atoms with Crippen molar-refractivity contribution in [3.05, 3.63) is 24.4 Å². The number of allylic oxidation sites excluding steroid dienone is 2. The summed E-state index contributed by atoms with van der Waals surface area (Å²) in [5.41, 5.74) is 0. The van der Waals surface area contributed by atoms with Crippen molar-refractivity contribution >= 4 is 12.2 Å². The van der Waals surface area contributed by atoms with E-state index in [2.05, 4.69) is 18.3 Å². The van der Waals surface area contributed by atoms with Crippen molar-refractivity contribution in [3.8, 4) is 0 Å². The Bertz CT molecular complexity index is 451. The van der Waals surface area contributed by atoms with Gasteiger partial charge in [0.15, 0.2) is 0 Å². The van der Waals surface area contributed by atoms with Crippen LogP contribution in [0, 0.1) is 0 Å². The Hall–Kier alpha value is -1.38. The highest BCUT2D eigenvalue weighted by molar-refractivity contribution is 5.86. The van der Waals surface area contributed by atoms with Crippen molar-refractivity contribution in [2.24, 2.45) is 0 Å². The standard InChI is InChI=1S/C24H42N2O/c1-2-3-4-5-6-7-8-9-10-11-12-13-14-15-17-20-24(27)25-23-26-21-18-16-19-22-26/h16,18-19,21,23H,2-15,17,20,22H2,1H3/p+1. The molecule has 1 heterocycles. The van der Waals surface area contributed by atoms with Crippen LogP contribution in [0.15, 0.2) is 24.4 Å². The van der Waals surface area contributed by atoms with Gasteiger partial charge in [-0.3, -0.25) is 0 Å². The molecule has 0 saturated heterocycles. The highest BCUT2D eigenvalue weighted by Gasteiger charge is 2.05. The van der Waals surface area contributed by atoms with Gasteiger partial charge in [-0.1, -0.05) is 103 Å². The zero-order valence-corrected chi connectivity index (χ0v) is 17.8. The molecule has 0 spiro atoms. The minimum Gasteiger partial charge on any atom is -0.247 e. The van der Waals surface area contributed by atoms with Crippen LogP contribution in [0.1, 0.15) is 110 Å². The van der Waals surface area contributed by atoms with E-state index in [1.807, 2.05) is 22.9 Å². The molecule has 3 nitrogen and oxygen atoms in total. The molecular formula is C24H43N2O+. The van der Waals surface area contributed by atoms with Crippen LogP contribution in [0.5, 0.6) is 0 Å². The van der Waals surface area contributed by atoms with E-state index in [4.69, 9.17) is 0 Å². The number of hydrogen-bond donors (Lipinski definition) is 1. The molecule has 27 heavy (non-hydrogen) atoms. The summed E-state index contributed by atoms with van der Waals surface area (Å²) in [7, 11) is 0. The van der Waals surface area contributed by atoms with Crippen molar-refractivity contribution in [2.45, 2.75) is 110 Å². The molecule has 0 saturated carbocycles. The van der Waals surface area contributed by atoms with Crippen molar-refractivity contribution < 1.29 is 9.37 Å². The number of hydrogen-bond acceptors (Lipinski definition) is 1. The van der Waals surface area contributed by atoms with E-state index in [0.29, 0.717) is 6.42 Å². The van der Waals surface area contributed by atoms with E-state index in [-0.39, 0.29) is 5.91 Å². The number of nitrogens with zero attached hydrogens (tertiary/aromatic N) is 1. The molecule has 154 valence electrons. The Balaban J connectivity index is 1.78. The predicted octanol–water partition coefficient (Wildman–Crippen LogP) is 6.49. The van der Waals surface area contributed by atoms with Crippen LogP contribution in [0.25, 0.3) is 0 Å². The highest BCUT2D eigenvalue weighted by atomic mass is 16.1. The molecule has 1 aliphatic rings. The molecule has 0 unspecified atom stereocenters. The van der Waals surface area contributed by atoms with Crippen molar-refractivity contribution in [1.82, 2.24) is 5.32 Å². The molecule has 0 aliphatic carbocycles. The van der Waals surface area contributed by atoms with Crippen LogP contribution in [-0.2, 0) is 4.79 Å². The fourth-order valence-electron chi connectivity index (χ4n) is 3.46. The first-order chi connectivity index (χ1) is 13.3. The second-order valence-corrected chi connectivity index (χ2v) is 7.86. The third kappa shape index (κ3) is 15.4. The molecular weight excluding hydrogens is 332 g/mol. The Morgan fingerprint density at radius 3 is 1.81 bits per heavy atom. The van der Waals surface area contributed by atoms with Crippen molar-refractivity contribution in [1.29, 1.82) is 0 Å². The lowest BCUT2D eigenvalue weighted by Crippen LogP contribution is -2.26. The van der Waals surface area contributed by atoms with Crippen LogP contribution >= 0.6 is 0 Å². The van der Waals surface area contributed by atoms with Gasteiger partial charge >= 0.3 is 5.91 Å². The summed E-state index contributed by atoms with van der Waals surface area (Å²) in [5.74, 6) is 0.132. The summed E-state index contributed by atoms with van der Waals surface area (Å²) >= 11 is 0. The van der Waals surface area contributed by atoms with Crippen LogP contribution in [0.4, 0.5) is 0 Å². The molecule has 1 N–H and O–H groups in total. The molecule has 0 aromatic rings. The van der Waals surface area contributed by atoms with Crippen LogP contribution in [0.3, 0.4) is 0 Å². The number of nitrogens with one attached hydrogen (secondary N) is 1. The minimum absolute atomic E-state index is 0.132. The lowest BCUT2D eigenvalue weighted by atomic mass is 10.0. The summed E-state index contributed by atoms with van der Waals surface area (Å²) in [6, 6.07) is 0. The quantitative estimate of drug-likeness (QED) is 0.176. The van der Waals surface area contributed by atoms with Gasteiger partial charge in [0.05, 0.1) is 6.20 Å². The summed E-state index contributed by atoms with van der Waals surface area (Å²) in [4.78, 5) is 11.8. The second kappa shape index (κ2) is 18.0. The van der Waals surface area contributed by atoms with Gasteiger partial charge in [0.1, 0.15) is 6.54 Å². The topological polar surface area (TPSA) is 32.1 Å². The largest absolute Gasteiger partial charge is 0.306 e. The molecule has 0 atom stereocenters. The number of rotatable bonds is 17. The van der Waals surface area contributed by atoms with Crippen molar-refractivity contribution in [3.63, 3.8) is 0 Å². The lowest BCUT2D eigenvalue weighted by Gasteiger charge is -2.03. The average molecular weight is 376 g/mol. The first kappa shape index (κ1) is 23.7. The Labute approximate surface area is 168 Å². The van der Waals surface area contributed by atoms with E-state index in [9.17, 15) is 4.79 Å². The molecule has 3 heteroatoms. The summed E-state index contributed by atoms with van der Waals surface area (Å²) < 4.78 is 1.98. The number of amides is 1. The van der Waals surface area contributed by atoms with E-state index in [0.717, 1.165) is 13.0 Å². The fourth-order valence-corrected chi connectivity index (χ4v) is 3.46. The van der Waals surface area contributed by atoms with Gasteiger partial charge in [-0.05, 0) is 18.6 Å². The maximum Gasteiger partial charge on any atom is 0.306 e. The van der Waals surface area contributed by atoms with E-state index in [1.165, 1.54) is 89.9 Å². The maximum absolute atomic E-state index is 11.8. The van der Waals surface area contributed by atoms with Crippen LogP contribution in [0.2, 0.25) is 0 Å². The van der Waals surface area contributed by atoms with Crippen LogP contribution in [-0.4, -0.2) is 23.4 Å². The zero-order chi connectivity index (χ0) is 19.4. The SMILES string of the molecule is CCCCCCCCCCCCCCCCCC(=O)NC=[N+]1C=CC=CC1. The van der Waals surface area contributed by atoms with Gasteiger partial charge in [-0.2, -0.15) is 0 Å². The van der Waals surface area contributed by atoms with E-state index in [1.54, 1.807) is 6.34 Å². The van der Waals surface area contributed by atoms with E-state index < -0.39 is 0 Å². The predicted molar refractivity (Wildman–Crippen MR) is 117 cm³/mol. The molecule has 0 fully saturated rings. The molecule has 1 aliphatic heterocycles. The third-order valence-corrected chi connectivity index (χ3v) is 5.24. The summed E-state index contributed by atoms with van der Waals surface area (Å²) in [5, 5.41) is 2.88. The van der Waals surface area contributed by atoms with Gasteiger partial charge in [0.25, 0.3) is 0 Å². The molecule has 0 aromatic carbocycles. The van der Waals surface area contributed by atoms with Gasteiger partial charge in [-0.25, -0.2) is 14.7 Å². The smallest absolute Gasteiger partial charge is 0.247 e. The van der Waals surface area contributed by atoms with E-state index >= 15 is 0 Å². The highest BCUT2D eigenvalue weighted by Crippen LogP contribution is 2.13. The Morgan fingerprint density at radius 1 is 0.815 bits per heavy atom. The Morgan fingerprint density at radius 2 is 1.33 bits per heavy atom. The lowest BCUT2D eigenvalue weighted by molar-refractivity contribution is -0.443. The average Bonchev–Trinajstić information content (AvgIpc) is 2.70. The molecule has 1 rings (SSSR count). The monoisotopic (exact) mass is 375 g/mol. The number of carbonyl (C=O) groups excluding carboxylic acids is 1. The fraction of sp³-hybridized carbons (Fsp3) is 0.750. The second-order valence-electron chi connectivity index (χ2n) is 7.86. The molecule has 1 amide bonds. The molecule has 0 bridgehead atoms. The zero-order valence-electron chi connectivity index (χ0n) is 17.8. The first-order valence-electron chi connectivity index (χ1n) is 11.5. The van der Waals surface area contributed by atoms with Gasteiger partial charge in [0, 0.05) is 6.42 Å².